The minimum absolute atomic E-state index is 0.142. The van der Waals surface area contributed by atoms with Crippen LogP contribution in [0.2, 0.25) is 0 Å². The van der Waals surface area contributed by atoms with Gasteiger partial charge in [-0.1, -0.05) is 36.4 Å². The Hall–Kier alpha value is -4.78. The second-order valence-electron chi connectivity index (χ2n) is 8.50. The van der Waals surface area contributed by atoms with Gasteiger partial charge in [-0.2, -0.15) is 5.10 Å². The van der Waals surface area contributed by atoms with E-state index >= 15 is 0 Å². The van der Waals surface area contributed by atoms with Gasteiger partial charge in [0.1, 0.15) is 17.3 Å². The molecule has 1 amide bonds. The third-order valence-corrected chi connectivity index (χ3v) is 6.00. The summed E-state index contributed by atoms with van der Waals surface area (Å²) in [5.41, 5.74) is 2.98. The van der Waals surface area contributed by atoms with Crippen molar-refractivity contribution in [3.63, 3.8) is 0 Å². The van der Waals surface area contributed by atoms with Gasteiger partial charge in [-0.3, -0.25) is 4.79 Å². The van der Waals surface area contributed by atoms with Crippen LogP contribution in [0, 0.1) is 6.92 Å². The topological polar surface area (TPSA) is 69.7 Å². The summed E-state index contributed by atoms with van der Waals surface area (Å²) in [4.78, 5) is 15.4. The van der Waals surface area contributed by atoms with Crippen LogP contribution in [-0.4, -0.2) is 27.7 Å². The first-order chi connectivity index (χ1) is 18.1. The number of aryl methyl sites for hydroxylation is 1. The Morgan fingerprint density at radius 3 is 2.22 bits per heavy atom. The number of rotatable bonds is 9. The fourth-order valence-corrected chi connectivity index (χ4v) is 4.07. The molecule has 0 spiro atoms. The molecule has 0 N–H and O–H groups in total. The number of furan rings is 1. The van der Waals surface area contributed by atoms with Crippen LogP contribution in [0.4, 0.5) is 0 Å². The standard InChI is InChI=1S/C30H27N3O4/c1-22-28(30(37-26-12-7-4-8-13-26)33(31-22)24-10-5-3-6-11-24)21-32(20-27-14-9-19-36-27)29(34)23-15-17-25(35-2)18-16-23/h3-19H,20-21H2,1-2H3. The lowest BCUT2D eigenvalue weighted by Gasteiger charge is -2.23. The van der Waals surface area contributed by atoms with Crippen molar-refractivity contribution in [2.75, 3.05) is 7.11 Å². The van der Waals surface area contributed by atoms with Crippen LogP contribution in [0.5, 0.6) is 17.4 Å². The number of hydrogen-bond donors (Lipinski definition) is 0. The summed E-state index contributed by atoms with van der Waals surface area (Å²) in [6, 6.07) is 30.1. The van der Waals surface area contributed by atoms with Gasteiger partial charge in [0.2, 0.25) is 5.88 Å². The quantitative estimate of drug-likeness (QED) is 0.237. The number of carbonyl (C=O) groups is 1. The zero-order valence-corrected chi connectivity index (χ0v) is 20.7. The maximum Gasteiger partial charge on any atom is 0.254 e. The van der Waals surface area contributed by atoms with Crippen molar-refractivity contribution in [2.24, 2.45) is 0 Å². The molecule has 5 aromatic rings. The van der Waals surface area contributed by atoms with Crippen molar-refractivity contribution < 1.29 is 18.7 Å². The summed E-state index contributed by atoms with van der Waals surface area (Å²) in [5, 5.41) is 4.80. The van der Waals surface area contributed by atoms with Crippen LogP contribution < -0.4 is 9.47 Å². The van der Waals surface area contributed by atoms with Gasteiger partial charge in [-0.25, -0.2) is 4.68 Å². The fraction of sp³-hybridized carbons (Fsp3) is 0.133. The monoisotopic (exact) mass is 493 g/mol. The van der Waals surface area contributed by atoms with Crippen LogP contribution >= 0.6 is 0 Å². The van der Waals surface area contributed by atoms with Gasteiger partial charge < -0.3 is 18.8 Å². The van der Waals surface area contributed by atoms with E-state index in [0.29, 0.717) is 35.2 Å². The van der Waals surface area contributed by atoms with Gasteiger partial charge in [0.15, 0.2) is 0 Å². The third kappa shape index (κ3) is 5.41. The average Bonchev–Trinajstić information content (AvgIpc) is 3.57. The first-order valence-electron chi connectivity index (χ1n) is 11.9. The molecule has 2 aromatic heterocycles. The van der Waals surface area contributed by atoms with Crippen molar-refractivity contribution in [3.05, 3.63) is 126 Å². The Morgan fingerprint density at radius 2 is 1.57 bits per heavy atom. The SMILES string of the molecule is COc1ccc(C(=O)N(Cc2ccco2)Cc2c(C)nn(-c3ccccc3)c2Oc2ccccc2)cc1. The molecule has 0 bridgehead atoms. The van der Waals surface area contributed by atoms with Gasteiger partial charge in [0, 0.05) is 5.56 Å². The summed E-state index contributed by atoms with van der Waals surface area (Å²) in [6.07, 6.45) is 1.61. The van der Waals surface area contributed by atoms with E-state index in [1.807, 2.05) is 79.7 Å². The first kappa shape index (κ1) is 23.9. The molecule has 0 aliphatic heterocycles. The van der Waals surface area contributed by atoms with E-state index in [4.69, 9.17) is 19.0 Å². The summed E-state index contributed by atoms with van der Waals surface area (Å²) >= 11 is 0. The first-order valence-corrected chi connectivity index (χ1v) is 11.9. The van der Waals surface area contributed by atoms with E-state index in [-0.39, 0.29) is 12.5 Å². The number of benzene rings is 3. The zero-order valence-electron chi connectivity index (χ0n) is 20.7. The van der Waals surface area contributed by atoms with Gasteiger partial charge in [-0.15, -0.1) is 0 Å². The van der Waals surface area contributed by atoms with Crippen molar-refractivity contribution in [1.82, 2.24) is 14.7 Å². The zero-order chi connectivity index (χ0) is 25.6. The van der Waals surface area contributed by atoms with Crippen LogP contribution in [-0.2, 0) is 13.1 Å². The molecule has 0 saturated carbocycles. The van der Waals surface area contributed by atoms with E-state index in [1.54, 1.807) is 47.2 Å². The largest absolute Gasteiger partial charge is 0.497 e. The molecular weight excluding hydrogens is 466 g/mol. The molecular formula is C30H27N3O4. The molecule has 5 rings (SSSR count). The molecule has 0 fully saturated rings. The van der Waals surface area contributed by atoms with E-state index in [0.717, 1.165) is 16.9 Å². The second-order valence-corrected chi connectivity index (χ2v) is 8.50. The molecule has 37 heavy (non-hydrogen) atoms. The van der Waals surface area contributed by atoms with E-state index in [9.17, 15) is 4.79 Å². The van der Waals surface area contributed by atoms with Crippen molar-refractivity contribution in [3.8, 4) is 23.1 Å². The average molecular weight is 494 g/mol. The van der Waals surface area contributed by atoms with E-state index in [2.05, 4.69) is 0 Å². The van der Waals surface area contributed by atoms with Crippen molar-refractivity contribution in [2.45, 2.75) is 20.0 Å². The number of methoxy groups -OCH3 is 1. The Balaban J connectivity index is 1.55. The summed E-state index contributed by atoms with van der Waals surface area (Å²) in [5.74, 6) is 2.46. The molecule has 0 aliphatic rings. The van der Waals surface area contributed by atoms with Gasteiger partial charge in [0.25, 0.3) is 5.91 Å². The van der Waals surface area contributed by atoms with Crippen LogP contribution in [0.1, 0.15) is 27.4 Å². The van der Waals surface area contributed by atoms with Crippen LogP contribution in [0.15, 0.2) is 108 Å². The van der Waals surface area contributed by atoms with Gasteiger partial charge in [-0.05, 0) is 67.6 Å². The molecule has 0 atom stereocenters. The van der Waals surface area contributed by atoms with Crippen molar-refractivity contribution in [1.29, 1.82) is 0 Å². The number of ether oxygens (including phenoxy) is 2. The van der Waals surface area contributed by atoms with Crippen molar-refractivity contribution >= 4 is 5.91 Å². The van der Waals surface area contributed by atoms with E-state index < -0.39 is 0 Å². The predicted molar refractivity (Wildman–Crippen MR) is 140 cm³/mol. The Labute approximate surface area is 215 Å². The maximum atomic E-state index is 13.7. The lowest BCUT2D eigenvalue weighted by atomic mass is 10.1. The number of hydrogen-bond acceptors (Lipinski definition) is 5. The van der Waals surface area contributed by atoms with Gasteiger partial charge >= 0.3 is 0 Å². The highest BCUT2D eigenvalue weighted by Crippen LogP contribution is 2.32. The molecule has 2 heterocycles. The minimum Gasteiger partial charge on any atom is -0.497 e. The molecule has 0 saturated heterocycles. The molecule has 7 heteroatoms. The molecule has 0 unspecified atom stereocenters. The minimum atomic E-state index is -0.142. The Kier molecular flexibility index (Phi) is 7.03. The summed E-state index contributed by atoms with van der Waals surface area (Å²) < 4.78 is 19.0. The lowest BCUT2D eigenvalue weighted by molar-refractivity contribution is 0.0716. The third-order valence-electron chi connectivity index (χ3n) is 6.00. The number of nitrogens with zero attached hydrogens (tertiary/aromatic N) is 3. The second kappa shape index (κ2) is 10.9. The fourth-order valence-electron chi connectivity index (χ4n) is 4.07. The number of aromatic nitrogens is 2. The highest BCUT2D eigenvalue weighted by molar-refractivity contribution is 5.94. The van der Waals surface area contributed by atoms with E-state index in [1.165, 1.54) is 0 Å². The number of carbonyl (C=O) groups excluding carboxylic acids is 1. The normalized spacial score (nSPS) is 10.8. The summed E-state index contributed by atoms with van der Waals surface area (Å²) in [6.45, 7) is 2.49. The highest BCUT2D eigenvalue weighted by Gasteiger charge is 2.25. The summed E-state index contributed by atoms with van der Waals surface area (Å²) in [7, 11) is 1.60. The molecule has 0 aliphatic carbocycles. The Morgan fingerprint density at radius 1 is 0.865 bits per heavy atom. The maximum absolute atomic E-state index is 13.7. The number of para-hydroxylation sites is 2. The molecule has 186 valence electrons. The highest BCUT2D eigenvalue weighted by atomic mass is 16.5. The molecule has 3 aromatic carbocycles. The molecule has 0 radical (unpaired) electrons. The smallest absolute Gasteiger partial charge is 0.254 e. The van der Waals surface area contributed by atoms with Crippen LogP contribution in [0.25, 0.3) is 5.69 Å². The Bertz CT molecular complexity index is 1440. The van der Waals surface area contributed by atoms with Gasteiger partial charge in [0.05, 0.1) is 43.4 Å². The molecule has 7 nitrogen and oxygen atoms in total. The number of amides is 1. The predicted octanol–water partition coefficient (Wildman–Crippen LogP) is 6.42. The van der Waals surface area contributed by atoms with Crippen LogP contribution in [0.3, 0.4) is 0 Å². The lowest BCUT2D eigenvalue weighted by Crippen LogP contribution is -2.30.